The second kappa shape index (κ2) is 3.88. The highest BCUT2D eigenvalue weighted by Crippen LogP contribution is 2.21. The summed E-state index contributed by atoms with van der Waals surface area (Å²) >= 11 is 0. The number of nitrogens with two attached hydrogens (primary N) is 1. The molecule has 4 heteroatoms. The lowest BCUT2D eigenvalue weighted by Gasteiger charge is -2.01. The van der Waals surface area contributed by atoms with E-state index in [0.29, 0.717) is 17.3 Å². The van der Waals surface area contributed by atoms with Crippen molar-refractivity contribution in [3.05, 3.63) is 48.2 Å². The SMILES string of the molecule is NC(=O)c1ccc(Oc2ccco2)cc1. The predicted octanol–water partition coefficient (Wildman–Crippen LogP) is 2.17. The topological polar surface area (TPSA) is 65.5 Å². The molecule has 2 rings (SSSR count). The number of furan rings is 1. The van der Waals surface area contributed by atoms with E-state index in [0.717, 1.165) is 0 Å². The number of rotatable bonds is 3. The van der Waals surface area contributed by atoms with Crippen molar-refractivity contribution in [2.24, 2.45) is 5.73 Å². The van der Waals surface area contributed by atoms with E-state index in [-0.39, 0.29) is 0 Å². The number of carbonyl (C=O) groups is 1. The van der Waals surface area contributed by atoms with Gasteiger partial charge in [-0.3, -0.25) is 4.79 Å². The summed E-state index contributed by atoms with van der Waals surface area (Å²) < 4.78 is 10.3. The molecular weight excluding hydrogens is 194 g/mol. The van der Waals surface area contributed by atoms with Gasteiger partial charge in [0.05, 0.1) is 6.26 Å². The highest BCUT2D eigenvalue weighted by Gasteiger charge is 2.02. The number of hydrogen-bond donors (Lipinski definition) is 1. The Bertz CT molecular complexity index is 445. The van der Waals surface area contributed by atoms with E-state index in [1.807, 2.05) is 0 Å². The second-order valence-corrected chi connectivity index (χ2v) is 2.92. The minimum absolute atomic E-state index is 0.404. The monoisotopic (exact) mass is 203 g/mol. The van der Waals surface area contributed by atoms with E-state index in [9.17, 15) is 4.79 Å². The maximum Gasteiger partial charge on any atom is 0.289 e. The molecule has 1 aromatic heterocycles. The summed E-state index contributed by atoms with van der Waals surface area (Å²) in [5.74, 6) is 0.538. The lowest BCUT2D eigenvalue weighted by Crippen LogP contribution is -2.10. The van der Waals surface area contributed by atoms with Crippen LogP contribution in [0.4, 0.5) is 0 Å². The van der Waals surface area contributed by atoms with Crippen molar-refractivity contribution in [1.82, 2.24) is 0 Å². The van der Waals surface area contributed by atoms with Crippen LogP contribution in [-0.2, 0) is 0 Å². The van der Waals surface area contributed by atoms with Crippen LogP contribution in [-0.4, -0.2) is 5.91 Å². The highest BCUT2D eigenvalue weighted by molar-refractivity contribution is 5.92. The van der Waals surface area contributed by atoms with E-state index in [2.05, 4.69) is 0 Å². The fraction of sp³-hybridized carbons (Fsp3) is 0. The third-order valence-electron chi connectivity index (χ3n) is 1.85. The number of hydrogen-bond acceptors (Lipinski definition) is 3. The quantitative estimate of drug-likeness (QED) is 0.831. The molecule has 0 aliphatic carbocycles. The van der Waals surface area contributed by atoms with Crippen molar-refractivity contribution in [3.8, 4) is 11.7 Å². The first-order valence-electron chi connectivity index (χ1n) is 4.37. The van der Waals surface area contributed by atoms with Crippen molar-refractivity contribution in [1.29, 1.82) is 0 Å². The van der Waals surface area contributed by atoms with Crippen LogP contribution in [0.5, 0.6) is 11.7 Å². The van der Waals surface area contributed by atoms with Crippen LogP contribution in [0.15, 0.2) is 47.1 Å². The van der Waals surface area contributed by atoms with Crippen LogP contribution in [0.2, 0.25) is 0 Å². The molecular formula is C11H9NO3. The van der Waals surface area contributed by atoms with E-state index in [4.69, 9.17) is 14.9 Å². The molecule has 0 saturated heterocycles. The predicted molar refractivity (Wildman–Crippen MR) is 53.7 cm³/mol. The van der Waals surface area contributed by atoms with Gasteiger partial charge in [0.2, 0.25) is 5.91 Å². The standard InChI is InChI=1S/C11H9NO3/c12-11(13)8-3-5-9(6-4-8)15-10-2-1-7-14-10/h1-7H,(H2,12,13). The summed E-state index contributed by atoms with van der Waals surface area (Å²) in [5, 5.41) is 0. The van der Waals surface area contributed by atoms with Gasteiger partial charge in [0, 0.05) is 11.6 Å². The van der Waals surface area contributed by atoms with Crippen LogP contribution in [0.25, 0.3) is 0 Å². The van der Waals surface area contributed by atoms with Crippen LogP contribution in [0.3, 0.4) is 0 Å². The Morgan fingerprint density at radius 1 is 1.20 bits per heavy atom. The summed E-state index contributed by atoms with van der Waals surface area (Å²) in [5.41, 5.74) is 5.55. The van der Waals surface area contributed by atoms with E-state index in [1.54, 1.807) is 36.4 Å². The molecule has 15 heavy (non-hydrogen) atoms. The van der Waals surface area contributed by atoms with Crippen LogP contribution < -0.4 is 10.5 Å². The van der Waals surface area contributed by atoms with Gasteiger partial charge in [0.25, 0.3) is 5.95 Å². The maximum absolute atomic E-state index is 10.8. The zero-order valence-corrected chi connectivity index (χ0v) is 7.84. The average Bonchev–Trinajstić information content (AvgIpc) is 2.71. The molecule has 76 valence electrons. The number of amides is 1. The third-order valence-corrected chi connectivity index (χ3v) is 1.85. The molecule has 2 N–H and O–H groups in total. The Morgan fingerprint density at radius 3 is 2.47 bits per heavy atom. The molecule has 0 saturated carbocycles. The van der Waals surface area contributed by atoms with Gasteiger partial charge in [0.15, 0.2) is 0 Å². The van der Waals surface area contributed by atoms with E-state index >= 15 is 0 Å². The number of primary amides is 1. The zero-order chi connectivity index (χ0) is 10.7. The summed E-state index contributed by atoms with van der Waals surface area (Å²) in [4.78, 5) is 10.8. The largest absolute Gasteiger partial charge is 0.434 e. The van der Waals surface area contributed by atoms with Gasteiger partial charge in [-0.1, -0.05) is 0 Å². The van der Waals surface area contributed by atoms with Gasteiger partial charge >= 0.3 is 0 Å². The smallest absolute Gasteiger partial charge is 0.289 e. The Labute approximate surface area is 86.3 Å². The molecule has 0 unspecified atom stereocenters. The Morgan fingerprint density at radius 2 is 1.93 bits per heavy atom. The molecule has 0 atom stereocenters. The Kier molecular flexibility index (Phi) is 2.41. The first-order chi connectivity index (χ1) is 7.25. The average molecular weight is 203 g/mol. The third kappa shape index (κ3) is 2.17. The Hall–Kier alpha value is -2.23. The summed E-state index contributed by atoms with van der Waals surface area (Å²) in [6, 6.07) is 9.93. The molecule has 1 heterocycles. The van der Waals surface area contributed by atoms with Gasteiger partial charge in [0.1, 0.15) is 5.75 Å². The van der Waals surface area contributed by atoms with Gasteiger partial charge in [-0.15, -0.1) is 0 Å². The molecule has 0 radical (unpaired) electrons. The van der Waals surface area contributed by atoms with E-state index in [1.165, 1.54) is 6.26 Å². The molecule has 0 spiro atoms. The summed E-state index contributed by atoms with van der Waals surface area (Å²) in [6.45, 7) is 0. The van der Waals surface area contributed by atoms with Crippen LogP contribution in [0.1, 0.15) is 10.4 Å². The zero-order valence-electron chi connectivity index (χ0n) is 7.84. The molecule has 2 aromatic rings. The second-order valence-electron chi connectivity index (χ2n) is 2.92. The molecule has 0 bridgehead atoms. The normalized spacial score (nSPS) is 9.87. The lowest BCUT2D eigenvalue weighted by atomic mass is 10.2. The van der Waals surface area contributed by atoms with Gasteiger partial charge in [-0.05, 0) is 30.3 Å². The van der Waals surface area contributed by atoms with E-state index < -0.39 is 5.91 Å². The summed E-state index contributed by atoms with van der Waals surface area (Å²) in [6.07, 6.45) is 1.52. The number of carbonyl (C=O) groups excluding carboxylic acids is 1. The molecule has 4 nitrogen and oxygen atoms in total. The van der Waals surface area contributed by atoms with Crippen molar-refractivity contribution < 1.29 is 13.9 Å². The number of ether oxygens (including phenoxy) is 1. The summed E-state index contributed by atoms with van der Waals surface area (Å²) in [7, 11) is 0. The lowest BCUT2D eigenvalue weighted by molar-refractivity contribution is 0.100. The fourth-order valence-electron chi connectivity index (χ4n) is 1.12. The molecule has 0 fully saturated rings. The minimum Gasteiger partial charge on any atom is -0.434 e. The first kappa shape index (κ1) is 9.33. The molecule has 1 aromatic carbocycles. The highest BCUT2D eigenvalue weighted by atomic mass is 16.6. The van der Waals surface area contributed by atoms with Crippen molar-refractivity contribution in [3.63, 3.8) is 0 Å². The van der Waals surface area contributed by atoms with Crippen LogP contribution >= 0.6 is 0 Å². The maximum atomic E-state index is 10.8. The number of benzene rings is 1. The Balaban J connectivity index is 2.14. The van der Waals surface area contributed by atoms with Gasteiger partial charge < -0.3 is 14.9 Å². The van der Waals surface area contributed by atoms with Crippen molar-refractivity contribution in [2.45, 2.75) is 0 Å². The first-order valence-corrected chi connectivity index (χ1v) is 4.37. The minimum atomic E-state index is -0.459. The van der Waals surface area contributed by atoms with Crippen LogP contribution in [0, 0.1) is 0 Å². The molecule has 0 aliphatic rings. The molecule has 1 amide bonds. The van der Waals surface area contributed by atoms with Gasteiger partial charge in [-0.25, -0.2) is 0 Å². The van der Waals surface area contributed by atoms with Crippen molar-refractivity contribution in [2.75, 3.05) is 0 Å². The van der Waals surface area contributed by atoms with Crippen molar-refractivity contribution >= 4 is 5.91 Å². The van der Waals surface area contributed by atoms with Gasteiger partial charge in [-0.2, -0.15) is 0 Å². The fourth-order valence-corrected chi connectivity index (χ4v) is 1.12. The molecule has 0 aliphatic heterocycles.